The quantitative estimate of drug-likeness (QED) is 0.493. The molecule has 8 nitrogen and oxygen atoms in total. The Morgan fingerprint density at radius 3 is 2.44 bits per heavy atom. The van der Waals surface area contributed by atoms with Crippen LogP contribution in [0.1, 0.15) is 63.5 Å². The SMILES string of the molecule is Cc1cc(C)cc(NC(=O)[C@@H]2[C@@H]3C=C[C@]4(O3)[C@@H]2C(=O)N(CCN2CCCCC2)[C@H]4C(=O)N[C@@H]2CCC[C@@H](C)[C@H]2C)c1. The average molecular weight is 563 g/mol. The van der Waals surface area contributed by atoms with Gasteiger partial charge in [-0.3, -0.25) is 14.4 Å². The minimum Gasteiger partial charge on any atom is -0.359 e. The third-order valence-electron chi connectivity index (χ3n) is 10.6. The number of ether oxygens (including phenoxy) is 1. The minimum atomic E-state index is -1.12. The molecule has 1 aliphatic carbocycles. The second-order valence-corrected chi connectivity index (χ2v) is 13.4. The largest absolute Gasteiger partial charge is 0.359 e. The number of rotatable bonds is 7. The molecule has 8 atom stereocenters. The van der Waals surface area contributed by atoms with E-state index in [4.69, 9.17) is 4.74 Å². The van der Waals surface area contributed by atoms with Gasteiger partial charge in [0.15, 0.2) is 0 Å². The van der Waals surface area contributed by atoms with Crippen molar-refractivity contribution in [1.82, 2.24) is 15.1 Å². The summed E-state index contributed by atoms with van der Waals surface area (Å²) < 4.78 is 6.56. The van der Waals surface area contributed by atoms with Crippen LogP contribution in [0.3, 0.4) is 0 Å². The lowest BCUT2D eigenvalue weighted by Crippen LogP contribution is -2.58. The van der Waals surface area contributed by atoms with E-state index < -0.39 is 29.6 Å². The molecule has 3 amide bonds. The van der Waals surface area contributed by atoms with Crippen molar-refractivity contribution in [2.45, 2.75) is 90.0 Å². The highest BCUT2D eigenvalue weighted by Gasteiger charge is 2.72. The van der Waals surface area contributed by atoms with Crippen molar-refractivity contribution in [2.75, 3.05) is 31.5 Å². The number of carbonyl (C=O) groups is 3. The van der Waals surface area contributed by atoms with Gasteiger partial charge < -0.3 is 25.2 Å². The summed E-state index contributed by atoms with van der Waals surface area (Å²) in [5.74, 6) is -1.01. The lowest BCUT2D eigenvalue weighted by molar-refractivity contribution is -0.142. The first-order valence-electron chi connectivity index (χ1n) is 15.8. The molecule has 41 heavy (non-hydrogen) atoms. The van der Waals surface area contributed by atoms with E-state index in [0.29, 0.717) is 18.4 Å². The van der Waals surface area contributed by atoms with Crippen LogP contribution < -0.4 is 10.6 Å². The summed E-state index contributed by atoms with van der Waals surface area (Å²) in [5, 5.41) is 6.42. The zero-order chi connectivity index (χ0) is 28.9. The van der Waals surface area contributed by atoms with Gasteiger partial charge >= 0.3 is 0 Å². The molecule has 0 aromatic heterocycles. The Labute approximate surface area is 244 Å². The van der Waals surface area contributed by atoms with E-state index in [1.165, 1.54) is 12.8 Å². The molecule has 2 bridgehead atoms. The highest BCUT2D eigenvalue weighted by atomic mass is 16.5. The van der Waals surface area contributed by atoms with Crippen LogP contribution in [0.25, 0.3) is 0 Å². The van der Waals surface area contributed by atoms with Gasteiger partial charge in [-0.25, -0.2) is 0 Å². The molecule has 4 fully saturated rings. The molecule has 1 aromatic carbocycles. The average Bonchev–Trinajstić information content (AvgIpc) is 3.57. The standard InChI is InChI=1S/C33H46N4O4/c1-20-17-21(2)19-24(18-20)34-30(38)27-26-11-12-33(41-26)28(27)32(40)37(16-15-36-13-6-5-7-14-36)29(33)31(39)35-25-10-8-9-22(3)23(25)4/h11-12,17-19,22-23,25-29H,5-10,13-16H2,1-4H3,(H,34,38)(H,35,39)/t22-,23-,25-,26+,27-,28+,29+,33+/m1/s1. The highest BCUT2D eigenvalue weighted by Crippen LogP contribution is 2.55. The number of nitrogens with one attached hydrogen (secondary N) is 2. The lowest BCUT2D eigenvalue weighted by Gasteiger charge is -2.38. The Morgan fingerprint density at radius 1 is 0.976 bits per heavy atom. The number of hydrogen-bond donors (Lipinski definition) is 2. The molecule has 1 spiro atoms. The maximum atomic E-state index is 14.3. The summed E-state index contributed by atoms with van der Waals surface area (Å²) in [6, 6.07) is 5.23. The molecule has 222 valence electrons. The van der Waals surface area contributed by atoms with E-state index in [9.17, 15) is 14.4 Å². The van der Waals surface area contributed by atoms with E-state index >= 15 is 0 Å². The molecule has 8 heteroatoms. The van der Waals surface area contributed by atoms with Crippen molar-refractivity contribution >= 4 is 23.4 Å². The van der Waals surface area contributed by atoms with Crippen LogP contribution in [0, 0.1) is 37.5 Å². The summed E-state index contributed by atoms with van der Waals surface area (Å²) >= 11 is 0. The molecule has 0 unspecified atom stereocenters. The summed E-state index contributed by atoms with van der Waals surface area (Å²) in [4.78, 5) is 46.4. The van der Waals surface area contributed by atoms with Gasteiger partial charge in [-0.2, -0.15) is 0 Å². The summed E-state index contributed by atoms with van der Waals surface area (Å²) in [6.07, 6.45) is 10.1. The Kier molecular flexibility index (Phi) is 7.74. The number of anilines is 1. The third-order valence-corrected chi connectivity index (χ3v) is 10.6. The normalized spacial score (nSPS) is 36.4. The maximum absolute atomic E-state index is 14.3. The highest BCUT2D eigenvalue weighted by molar-refractivity contribution is 6.02. The second kappa shape index (κ2) is 11.2. The Morgan fingerprint density at radius 2 is 1.71 bits per heavy atom. The number of nitrogens with zero attached hydrogens (tertiary/aromatic N) is 2. The fraction of sp³-hybridized carbons (Fsp3) is 0.667. The van der Waals surface area contributed by atoms with Crippen molar-refractivity contribution in [3.8, 4) is 0 Å². The first-order chi connectivity index (χ1) is 19.7. The smallest absolute Gasteiger partial charge is 0.246 e. The summed E-state index contributed by atoms with van der Waals surface area (Å²) in [6.45, 7) is 11.7. The zero-order valence-electron chi connectivity index (χ0n) is 25.0. The fourth-order valence-electron chi connectivity index (χ4n) is 8.26. The van der Waals surface area contributed by atoms with Crippen LogP contribution in [0.5, 0.6) is 0 Å². The monoisotopic (exact) mass is 562 g/mol. The van der Waals surface area contributed by atoms with Gasteiger partial charge in [-0.15, -0.1) is 0 Å². The van der Waals surface area contributed by atoms with Crippen LogP contribution in [0.2, 0.25) is 0 Å². The first kappa shape index (κ1) is 28.4. The van der Waals surface area contributed by atoms with Crippen molar-refractivity contribution in [3.05, 3.63) is 41.5 Å². The number of amides is 3. The summed E-state index contributed by atoms with van der Waals surface area (Å²) in [5.41, 5.74) is 1.71. The molecule has 1 aromatic rings. The van der Waals surface area contributed by atoms with Crippen LogP contribution in [-0.2, 0) is 19.1 Å². The van der Waals surface area contributed by atoms with E-state index in [0.717, 1.165) is 62.1 Å². The van der Waals surface area contributed by atoms with E-state index in [-0.39, 0.29) is 23.8 Å². The molecular weight excluding hydrogens is 516 g/mol. The molecule has 0 radical (unpaired) electrons. The molecule has 3 saturated heterocycles. The van der Waals surface area contributed by atoms with Crippen LogP contribution in [0.15, 0.2) is 30.4 Å². The van der Waals surface area contributed by atoms with Gasteiger partial charge in [-0.05, 0) is 81.3 Å². The van der Waals surface area contributed by atoms with Crippen LogP contribution in [0.4, 0.5) is 5.69 Å². The Hall–Kier alpha value is -2.71. The number of aryl methyl sites for hydroxylation is 2. The second-order valence-electron chi connectivity index (χ2n) is 13.4. The number of benzene rings is 1. The number of hydrogen-bond acceptors (Lipinski definition) is 5. The molecular formula is C33H46N4O4. The van der Waals surface area contributed by atoms with Crippen molar-refractivity contribution in [1.29, 1.82) is 0 Å². The molecule has 2 N–H and O–H groups in total. The van der Waals surface area contributed by atoms with Crippen molar-refractivity contribution in [2.24, 2.45) is 23.7 Å². The number of fused-ring (bicyclic) bond motifs is 1. The first-order valence-corrected chi connectivity index (χ1v) is 15.8. The minimum absolute atomic E-state index is 0.0759. The third kappa shape index (κ3) is 5.11. The van der Waals surface area contributed by atoms with Gasteiger partial charge in [0.2, 0.25) is 17.7 Å². The predicted octanol–water partition coefficient (Wildman–Crippen LogP) is 3.82. The molecule has 1 saturated carbocycles. The number of carbonyl (C=O) groups excluding carboxylic acids is 3. The molecule has 4 aliphatic heterocycles. The van der Waals surface area contributed by atoms with Crippen molar-refractivity contribution < 1.29 is 19.1 Å². The van der Waals surface area contributed by atoms with Gasteiger partial charge in [0, 0.05) is 24.8 Å². The van der Waals surface area contributed by atoms with Crippen molar-refractivity contribution in [3.63, 3.8) is 0 Å². The molecule has 4 heterocycles. The maximum Gasteiger partial charge on any atom is 0.246 e. The van der Waals surface area contributed by atoms with Gasteiger partial charge in [0.1, 0.15) is 11.6 Å². The van der Waals surface area contributed by atoms with Crippen LogP contribution in [-0.4, -0.2) is 77.5 Å². The van der Waals surface area contributed by atoms with E-state index in [1.54, 1.807) is 4.90 Å². The Bertz CT molecular complexity index is 1210. The van der Waals surface area contributed by atoms with E-state index in [1.807, 2.05) is 38.1 Å². The molecule has 5 aliphatic rings. The topological polar surface area (TPSA) is 91.0 Å². The number of piperidine rings is 1. The number of likely N-dealkylation sites (tertiary alicyclic amines) is 2. The van der Waals surface area contributed by atoms with Gasteiger partial charge in [0.05, 0.1) is 17.9 Å². The molecule has 6 rings (SSSR count). The Balaban J connectivity index is 1.28. The summed E-state index contributed by atoms with van der Waals surface area (Å²) in [7, 11) is 0. The van der Waals surface area contributed by atoms with Crippen LogP contribution >= 0.6 is 0 Å². The lowest BCUT2D eigenvalue weighted by atomic mass is 9.73. The predicted molar refractivity (Wildman–Crippen MR) is 158 cm³/mol. The van der Waals surface area contributed by atoms with Gasteiger partial charge in [-0.1, -0.05) is 51.3 Å². The fourth-order valence-corrected chi connectivity index (χ4v) is 8.26. The van der Waals surface area contributed by atoms with Gasteiger partial charge in [0.25, 0.3) is 0 Å². The van der Waals surface area contributed by atoms with E-state index in [2.05, 4.69) is 35.4 Å². The zero-order valence-corrected chi connectivity index (χ0v) is 25.0.